The summed E-state index contributed by atoms with van der Waals surface area (Å²) < 4.78 is 14.0. The number of rotatable bonds is 7. The van der Waals surface area contributed by atoms with Crippen LogP contribution in [0.25, 0.3) is 0 Å². The third kappa shape index (κ3) is 5.70. The number of hydrogen-bond donors (Lipinski definition) is 2. The van der Waals surface area contributed by atoms with Crippen LogP contribution in [0.5, 0.6) is 0 Å². The fourth-order valence-electron chi connectivity index (χ4n) is 2.58. The minimum atomic E-state index is -0.892. The van der Waals surface area contributed by atoms with Crippen molar-refractivity contribution >= 4 is 16.8 Å². The number of hydrogen-bond acceptors (Lipinski definition) is 3. The van der Waals surface area contributed by atoms with Crippen LogP contribution in [0, 0.1) is 13.8 Å². The maximum atomic E-state index is 12.2. The van der Waals surface area contributed by atoms with Crippen molar-refractivity contribution in [2.24, 2.45) is 12.0 Å². The summed E-state index contributed by atoms with van der Waals surface area (Å²) >= 11 is 0. The molecule has 1 heterocycles. The molecule has 2 N–H and O–H groups in total. The number of nitrogens with one attached hydrogen (secondary N) is 2. The normalized spacial score (nSPS) is 12.9. The zero-order chi connectivity index (χ0) is 18.2. The molecule has 0 aliphatic heterocycles. The summed E-state index contributed by atoms with van der Waals surface area (Å²) in [6, 6.07) is 9.92. The van der Waals surface area contributed by atoms with Gasteiger partial charge in [-0.2, -0.15) is 5.10 Å². The van der Waals surface area contributed by atoms with Gasteiger partial charge in [0.25, 0.3) is 0 Å². The molecule has 1 aromatic heterocycles. The van der Waals surface area contributed by atoms with E-state index >= 15 is 0 Å². The molecule has 136 valence electrons. The Balaban J connectivity index is 1.76. The van der Waals surface area contributed by atoms with Crippen LogP contribution in [0.4, 0.5) is 0 Å². The zero-order valence-electron chi connectivity index (χ0n) is 15.4. The Morgan fingerprint density at radius 3 is 2.56 bits per heavy atom. The standard InChI is InChI=1S/C18H27N5OS/c1-14-17(15(2)23(4)22-14)12-21-18(19-3)20-10-11-25(24)13-16-8-6-5-7-9-16/h5-9H,10-13H2,1-4H3,(H2,19,20,21). The lowest BCUT2D eigenvalue weighted by Gasteiger charge is -2.12. The number of benzene rings is 1. The number of aromatic nitrogens is 2. The molecule has 0 bridgehead atoms. The third-order valence-electron chi connectivity index (χ3n) is 4.11. The molecule has 1 unspecified atom stereocenters. The van der Waals surface area contributed by atoms with E-state index in [2.05, 4.69) is 27.6 Å². The average Bonchev–Trinajstić information content (AvgIpc) is 2.84. The predicted octanol–water partition coefficient (Wildman–Crippen LogP) is 1.65. The molecular weight excluding hydrogens is 334 g/mol. The van der Waals surface area contributed by atoms with Gasteiger partial charge in [-0.05, 0) is 19.4 Å². The lowest BCUT2D eigenvalue weighted by Crippen LogP contribution is -2.39. The summed E-state index contributed by atoms with van der Waals surface area (Å²) in [5.74, 6) is 1.88. The molecule has 0 aliphatic carbocycles. The van der Waals surface area contributed by atoms with Gasteiger partial charge < -0.3 is 10.6 Å². The predicted molar refractivity (Wildman–Crippen MR) is 104 cm³/mol. The second-order valence-corrected chi connectivity index (χ2v) is 7.48. The number of aliphatic imine (C=N–C) groups is 1. The number of nitrogens with zero attached hydrogens (tertiary/aromatic N) is 3. The quantitative estimate of drug-likeness (QED) is 0.581. The summed E-state index contributed by atoms with van der Waals surface area (Å²) in [7, 11) is 2.79. The molecule has 1 atom stereocenters. The van der Waals surface area contributed by atoms with Crippen LogP contribution in [-0.2, 0) is 30.1 Å². The van der Waals surface area contributed by atoms with E-state index in [1.165, 1.54) is 5.56 Å². The molecule has 0 saturated carbocycles. The van der Waals surface area contributed by atoms with Gasteiger partial charge in [0.1, 0.15) is 0 Å². The van der Waals surface area contributed by atoms with E-state index in [1.807, 2.05) is 49.0 Å². The Bertz CT molecular complexity index is 739. The highest BCUT2D eigenvalue weighted by molar-refractivity contribution is 7.84. The zero-order valence-corrected chi connectivity index (χ0v) is 16.2. The smallest absolute Gasteiger partial charge is 0.191 e. The summed E-state index contributed by atoms with van der Waals surface area (Å²) in [5.41, 5.74) is 4.44. The van der Waals surface area contributed by atoms with Crippen LogP contribution in [-0.4, -0.2) is 39.3 Å². The van der Waals surface area contributed by atoms with E-state index in [4.69, 9.17) is 0 Å². The maximum absolute atomic E-state index is 12.2. The van der Waals surface area contributed by atoms with Gasteiger partial charge in [0, 0.05) is 60.7 Å². The molecule has 1 aromatic carbocycles. The molecule has 2 aromatic rings. The van der Waals surface area contributed by atoms with Crippen molar-refractivity contribution in [1.82, 2.24) is 20.4 Å². The van der Waals surface area contributed by atoms with E-state index in [1.54, 1.807) is 7.05 Å². The molecule has 0 aliphatic rings. The van der Waals surface area contributed by atoms with Crippen molar-refractivity contribution in [1.29, 1.82) is 0 Å². The Kier molecular flexibility index (Phi) is 7.18. The maximum Gasteiger partial charge on any atom is 0.191 e. The van der Waals surface area contributed by atoms with Crippen molar-refractivity contribution < 1.29 is 4.21 Å². The van der Waals surface area contributed by atoms with Gasteiger partial charge in [-0.15, -0.1) is 0 Å². The van der Waals surface area contributed by atoms with Gasteiger partial charge in [0.05, 0.1) is 5.69 Å². The second-order valence-electron chi connectivity index (χ2n) is 5.90. The first-order valence-corrected chi connectivity index (χ1v) is 9.82. The first kappa shape index (κ1) is 19.2. The summed E-state index contributed by atoms with van der Waals surface area (Å²) in [6.45, 7) is 5.34. The van der Waals surface area contributed by atoms with E-state index in [0.717, 1.165) is 17.0 Å². The van der Waals surface area contributed by atoms with Gasteiger partial charge in [0.2, 0.25) is 0 Å². The van der Waals surface area contributed by atoms with Crippen LogP contribution >= 0.6 is 0 Å². The Morgan fingerprint density at radius 1 is 1.24 bits per heavy atom. The average molecular weight is 362 g/mol. The molecule has 2 rings (SSSR count). The minimum absolute atomic E-state index is 0.584. The number of aryl methyl sites for hydroxylation is 2. The fraction of sp³-hybridized carbons (Fsp3) is 0.444. The Labute approximate surface area is 152 Å². The van der Waals surface area contributed by atoms with E-state index in [9.17, 15) is 4.21 Å². The molecule has 0 amide bonds. The summed E-state index contributed by atoms with van der Waals surface area (Å²) in [6.07, 6.45) is 0. The molecule has 0 radical (unpaired) electrons. The van der Waals surface area contributed by atoms with Crippen LogP contribution in [0.3, 0.4) is 0 Å². The lowest BCUT2D eigenvalue weighted by atomic mass is 10.2. The van der Waals surface area contributed by atoms with Crippen molar-refractivity contribution in [3.05, 3.63) is 52.8 Å². The van der Waals surface area contributed by atoms with Crippen molar-refractivity contribution in [2.45, 2.75) is 26.1 Å². The van der Waals surface area contributed by atoms with Gasteiger partial charge in [-0.25, -0.2) is 0 Å². The number of guanidine groups is 1. The largest absolute Gasteiger partial charge is 0.355 e. The molecule has 6 nitrogen and oxygen atoms in total. The monoisotopic (exact) mass is 361 g/mol. The van der Waals surface area contributed by atoms with Crippen LogP contribution in [0.2, 0.25) is 0 Å². The van der Waals surface area contributed by atoms with Crippen LogP contribution in [0.1, 0.15) is 22.5 Å². The Morgan fingerprint density at radius 2 is 1.96 bits per heavy atom. The van der Waals surface area contributed by atoms with Gasteiger partial charge in [-0.3, -0.25) is 13.9 Å². The van der Waals surface area contributed by atoms with Gasteiger partial charge >= 0.3 is 0 Å². The molecule has 0 saturated heterocycles. The van der Waals surface area contributed by atoms with Gasteiger partial charge in [0.15, 0.2) is 5.96 Å². The molecule has 25 heavy (non-hydrogen) atoms. The van der Waals surface area contributed by atoms with E-state index < -0.39 is 10.8 Å². The highest BCUT2D eigenvalue weighted by Gasteiger charge is 2.10. The van der Waals surface area contributed by atoms with Crippen molar-refractivity contribution in [3.8, 4) is 0 Å². The highest BCUT2D eigenvalue weighted by atomic mass is 32.2. The third-order valence-corrected chi connectivity index (χ3v) is 5.42. The lowest BCUT2D eigenvalue weighted by molar-refractivity contribution is 0.680. The first-order valence-electron chi connectivity index (χ1n) is 8.33. The second kappa shape index (κ2) is 9.36. The van der Waals surface area contributed by atoms with Crippen LogP contribution in [0.15, 0.2) is 35.3 Å². The molecular formula is C18H27N5OS. The SMILES string of the molecule is CN=C(NCCS(=O)Cc1ccccc1)NCc1c(C)nn(C)c1C. The van der Waals surface area contributed by atoms with Gasteiger partial charge in [-0.1, -0.05) is 30.3 Å². The summed E-state index contributed by atoms with van der Waals surface area (Å²) in [5, 5.41) is 10.9. The topological polar surface area (TPSA) is 71.3 Å². The van der Waals surface area contributed by atoms with E-state index in [0.29, 0.717) is 30.6 Å². The summed E-state index contributed by atoms with van der Waals surface area (Å²) in [4.78, 5) is 4.22. The highest BCUT2D eigenvalue weighted by Crippen LogP contribution is 2.11. The molecule has 0 spiro atoms. The van der Waals surface area contributed by atoms with Crippen molar-refractivity contribution in [3.63, 3.8) is 0 Å². The Hall–Kier alpha value is -2.15. The van der Waals surface area contributed by atoms with Crippen LogP contribution < -0.4 is 10.6 Å². The fourth-order valence-corrected chi connectivity index (χ4v) is 3.62. The first-order chi connectivity index (χ1) is 12.0. The molecule has 0 fully saturated rings. The minimum Gasteiger partial charge on any atom is -0.355 e. The molecule has 7 heteroatoms. The van der Waals surface area contributed by atoms with Crippen molar-refractivity contribution in [2.75, 3.05) is 19.3 Å². The van der Waals surface area contributed by atoms with E-state index in [-0.39, 0.29) is 0 Å².